The molecule has 0 aliphatic heterocycles. The second kappa shape index (κ2) is 4.31. The quantitative estimate of drug-likeness (QED) is 0.656. The molecular weight excluding hydrogens is 128 g/mol. The zero-order valence-corrected chi connectivity index (χ0v) is 6.92. The highest BCUT2D eigenvalue weighted by Gasteiger charge is 2.08. The van der Waals surface area contributed by atoms with E-state index in [4.69, 9.17) is 5.11 Å². The first kappa shape index (κ1) is 9.47. The summed E-state index contributed by atoms with van der Waals surface area (Å²) in [6, 6.07) is 0. The summed E-state index contributed by atoms with van der Waals surface area (Å²) in [6.45, 7) is 6.33. The van der Waals surface area contributed by atoms with E-state index in [1.165, 1.54) is 0 Å². The van der Waals surface area contributed by atoms with Gasteiger partial charge in [-0.1, -0.05) is 20.8 Å². The molecule has 60 valence electrons. The van der Waals surface area contributed by atoms with Crippen molar-refractivity contribution in [2.24, 2.45) is 11.8 Å². The van der Waals surface area contributed by atoms with E-state index in [0.717, 1.165) is 6.42 Å². The van der Waals surface area contributed by atoms with Crippen LogP contribution in [-0.2, 0) is 4.79 Å². The molecule has 0 rings (SSSR count). The maximum Gasteiger partial charge on any atom is 0.303 e. The third-order valence-electron chi connectivity index (χ3n) is 1.95. The number of hydrogen-bond acceptors (Lipinski definition) is 1. The number of carboxylic acid groups (broad SMARTS) is 1. The lowest BCUT2D eigenvalue weighted by atomic mass is 9.93. The van der Waals surface area contributed by atoms with Gasteiger partial charge in [0.2, 0.25) is 0 Å². The van der Waals surface area contributed by atoms with Gasteiger partial charge in [-0.3, -0.25) is 4.79 Å². The van der Waals surface area contributed by atoms with E-state index in [9.17, 15) is 4.79 Å². The maximum absolute atomic E-state index is 10.1. The molecule has 2 heteroatoms. The highest BCUT2D eigenvalue weighted by atomic mass is 16.4. The molecular formula is C8H16O2. The van der Waals surface area contributed by atoms with Crippen molar-refractivity contribution in [3.63, 3.8) is 0 Å². The lowest BCUT2D eigenvalue weighted by Crippen LogP contribution is -2.06. The Kier molecular flexibility index (Phi) is 4.08. The smallest absolute Gasteiger partial charge is 0.303 e. The Morgan fingerprint density at radius 2 is 1.90 bits per heavy atom. The van der Waals surface area contributed by atoms with Crippen LogP contribution in [0, 0.1) is 11.8 Å². The fourth-order valence-corrected chi connectivity index (χ4v) is 0.684. The molecule has 0 aliphatic rings. The molecule has 0 aromatic heterocycles. The summed E-state index contributed by atoms with van der Waals surface area (Å²) in [5, 5.41) is 8.34. The van der Waals surface area contributed by atoms with Crippen molar-refractivity contribution in [2.75, 3.05) is 0 Å². The largest absolute Gasteiger partial charge is 0.481 e. The lowest BCUT2D eigenvalue weighted by Gasteiger charge is -2.12. The number of rotatable bonds is 4. The summed E-state index contributed by atoms with van der Waals surface area (Å²) < 4.78 is 0. The predicted octanol–water partition coefficient (Wildman–Crippen LogP) is 2.14. The van der Waals surface area contributed by atoms with Crippen LogP contribution >= 0.6 is 0 Å². The Labute approximate surface area is 62.2 Å². The van der Waals surface area contributed by atoms with E-state index < -0.39 is 5.97 Å². The van der Waals surface area contributed by atoms with Crippen LogP contribution < -0.4 is 0 Å². The Balaban J connectivity index is 3.39. The summed E-state index contributed by atoms with van der Waals surface area (Å²) in [4.78, 5) is 10.1. The highest BCUT2D eigenvalue weighted by molar-refractivity contribution is 5.66. The average molecular weight is 144 g/mol. The van der Waals surface area contributed by atoms with Crippen LogP contribution in [0.4, 0.5) is 0 Å². The molecule has 0 heterocycles. The standard InChI is InChI=1S/C8H16O2/c1-6(2)7(3)4-5-8(9)10/h6-7H,4-5H2,1-3H3,(H,9,10)/t7-/m1/s1. The second-order valence-corrected chi connectivity index (χ2v) is 3.15. The molecule has 10 heavy (non-hydrogen) atoms. The van der Waals surface area contributed by atoms with Crippen LogP contribution in [-0.4, -0.2) is 11.1 Å². The normalized spacial score (nSPS) is 13.6. The summed E-state index contributed by atoms with van der Waals surface area (Å²) >= 11 is 0. The first-order chi connectivity index (χ1) is 4.54. The topological polar surface area (TPSA) is 37.3 Å². The summed E-state index contributed by atoms with van der Waals surface area (Å²) in [7, 11) is 0. The molecule has 0 fully saturated rings. The molecule has 0 radical (unpaired) electrons. The molecule has 0 aromatic rings. The third kappa shape index (κ3) is 4.36. The van der Waals surface area contributed by atoms with Gasteiger partial charge in [0.05, 0.1) is 0 Å². The van der Waals surface area contributed by atoms with Gasteiger partial charge in [-0.15, -0.1) is 0 Å². The zero-order chi connectivity index (χ0) is 8.15. The maximum atomic E-state index is 10.1. The van der Waals surface area contributed by atoms with E-state index in [0.29, 0.717) is 18.3 Å². The molecule has 0 bridgehead atoms. The average Bonchev–Trinajstić information content (AvgIpc) is 1.82. The van der Waals surface area contributed by atoms with Gasteiger partial charge in [0.1, 0.15) is 0 Å². The fraction of sp³-hybridized carbons (Fsp3) is 0.875. The minimum atomic E-state index is -0.687. The van der Waals surface area contributed by atoms with Crippen molar-refractivity contribution in [2.45, 2.75) is 33.6 Å². The van der Waals surface area contributed by atoms with Gasteiger partial charge in [-0.05, 0) is 18.3 Å². The van der Waals surface area contributed by atoms with Crippen LogP contribution in [0.25, 0.3) is 0 Å². The number of aliphatic carboxylic acids is 1. The van der Waals surface area contributed by atoms with Gasteiger partial charge in [-0.2, -0.15) is 0 Å². The van der Waals surface area contributed by atoms with Crippen LogP contribution in [0.5, 0.6) is 0 Å². The number of carbonyl (C=O) groups is 1. The highest BCUT2D eigenvalue weighted by Crippen LogP contribution is 2.15. The first-order valence-corrected chi connectivity index (χ1v) is 3.75. The van der Waals surface area contributed by atoms with Gasteiger partial charge in [0.15, 0.2) is 0 Å². The molecule has 0 saturated carbocycles. The lowest BCUT2D eigenvalue weighted by molar-refractivity contribution is -0.137. The van der Waals surface area contributed by atoms with E-state index in [1.54, 1.807) is 0 Å². The van der Waals surface area contributed by atoms with E-state index >= 15 is 0 Å². The predicted molar refractivity (Wildman–Crippen MR) is 40.9 cm³/mol. The molecule has 2 nitrogen and oxygen atoms in total. The minimum absolute atomic E-state index is 0.305. The Morgan fingerprint density at radius 1 is 1.40 bits per heavy atom. The Morgan fingerprint density at radius 3 is 2.20 bits per heavy atom. The van der Waals surface area contributed by atoms with Gasteiger partial charge in [0, 0.05) is 6.42 Å². The van der Waals surface area contributed by atoms with Crippen LogP contribution in [0.15, 0.2) is 0 Å². The summed E-state index contributed by atoms with van der Waals surface area (Å²) in [6.07, 6.45) is 1.10. The summed E-state index contributed by atoms with van der Waals surface area (Å²) in [5.74, 6) is 0.433. The molecule has 0 amide bonds. The van der Waals surface area contributed by atoms with E-state index in [1.807, 2.05) is 0 Å². The van der Waals surface area contributed by atoms with E-state index in [2.05, 4.69) is 20.8 Å². The minimum Gasteiger partial charge on any atom is -0.481 e. The van der Waals surface area contributed by atoms with Gasteiger partial charge < -0.3 is 5.11 Å². The SMILES string of the molecule is CC(C)[C@H](C)CCC(=O)O. The van der Waals surface area contributed by atoms with Gasteiger partial charge in [-0.25, -0.2) is 0 Å². The molecule has 0 aliphatic carbocycles. The molecule has 0 aromatic carbocycles. The van der Waals surface area contributed by atoms with Crippen molar-refractivity contribution in [3.8, 4) is 0 Å². The molecule has 0 spiro atoms. The molecule has 1 N–H and O–H groups in total. The Bertz CT molecular complexity index is 108. The van der Waals surface area contributed by atoms with Crippen molar-refractivity contribution in [1.29, 1.82) is 0 Å². The fourth-order valence-electron chi connectivity index (χ4n) is 0.684. The first-order valence-electron chi connectivity index (χ1n) is 3.75. The molecule has 0 saturated heterocycles. The van der Waals surface area contributed by atoms with Crippen LogP contribution in [0.2, 0.25) is 0 Å². The van der Waals surface area contributed by atoms with Gasteiger partial charge >= 0.3 is 5.97 Å². The van der Waals surface area contributed by atoms with E-state index in [-0.39, 0.29) is 0 Å². The van der Waals surface area contributed by atoms with Crippen molar-refractivity contribution >= 4 is 5.97 Å². The van der Waals surface area contributed by atoms with Crippen LogP contribution in [0.3, 0.4) is 0 Å². The molecule has 1 atom stereocenters. The zero-order valence-electron chi connectivity index (χ0n) is 6.92. The molecule has 0 unspecified atom stereocenters. The monoisotopic (exact) mass is 144 g/mol. The van der Waals surface area contributed by atoms with Crippen molar-refractivity contribution in [3.05, 3.63) is 0 Å². The number of carboxylic acids is 1. The second-order valence-electron chi connectivity index (χ2n) is 3.15. The number of hydrogen-bond donors (Lipinski definition) is 1. The summed E-state index contributed by atoms with van der Waals surface area (Å²) in [5.41, 5.74) is 0. The van der Waals surface area contributed by atoms with Crippen LogP contribution in [0.1, 0.15) is 33.6 Å². The van der Waals surface area contributed by atoms with Gasteiger partial charge in [0.25, 0.3) is 0 Å². The van der Waals surface area contributed by atoms with Crippen molar-refractivity contribution in [1.82, 2.24) is 0 Å². The third-order valence-corrected chi connectivity index (χ3v) is 1.95. The Hall–Kier alpha value is -0.530. The van der Waals surface area contributed by atoms with Crippen molar-refractivity contribution < 1.29 is 9.90 Å².